The highest BCUT2D eigenvalue weighted by Crippen LogP contribution is 2.35. The molecule has 114 valence electrons. The molecule has 1 fully saturated rings. The number of nitrogens with one attached hydrogen (secondary N) is 1. The van der Waals surface area contributed by atoms with Crippen molar-refractivity contribution in [3.8, 4) is 0 Å². The molecule has 0 atom stereocenters. The molecule has 22 heavy (non-hydrogen) atoms. The van der Waals surface area contributed by atoms with Gasteiger partial charge in [0, 0.05) is 31.5 Å². The molecule has 0 bridgehead atoms. The van der Waals surface area contributed by atoms with Crippen LogP contribution in [0.1, 0.15) is 30.4 Å². The second-order valence-electron chi connectivity index (χ2n) is 6.00. The summed E-state index contributed by atoms with van der Waals surface area (Å²) in [6.07, 6.45) is 7.91. The predicted molar refractivity (Wildman–Crippen MR) is 83.7 cm³/mol. The van der Waals surface area contributed by atoms with Crippen molar-refractivity contribution in [3.05, 3.63) is 30.2 Å². The van der Waals surface area contributed by atoms with E-state index in [2.05, 4.69) is 29.9 Å². The number of fused-ring (bicyclic) bond motifs is 1. The van der Waals surface area contributed by atoms with E-state index in [9.17, 15) is 0 Å². The SMILES string of the molecule is Cc1nc(NC2CC(n3ccnc3)C2)c2c(n1)c(C)nn2C. The second-order valence-corrected chi connectivity index (χ2v) is 6.00. The molecule has 3 aromatic rings. The summed E-state index contributed by atoms with van der Waals surface area (Å²) in [6.45, 7) is 3.91. The van der Waals surface area contributed by atoms with Crippen molar-refractivity contribution in [1.29, 1.82) is 0 Å². The third kappa shape index (κ3) is 2.04. The molecule has 7 heteroatoms. The Morgan fingerprint density at radius 3 is 2.77 bits per heavy atom. The Kier molecular flexibility index (Phi) is 2.88. The first kappa shape index (κ1) is 13.2. The summed E-state index contributed by atoms with van der Waals surface area (Å²) in [5, 5.41) is 8.02. The van der Waals surface area contributed by atoms with E-state index in [0.717, 1.165) is 41.2 Å². The number of aryl methyl sites for hydroxylation is 3. The van der Waals surface area contributed by atoms with E-state index in [1.807, 2.05) is 44.3 Å². The van der Waals surface area contributed by atoms with Crippen molar-refractivity contribution in [2.75, 3.05) is 5.32 Å². The van der Waals surface area contributed by atoms with Gasteiger partial charge in [0.2, 0.25) is 0 Å². The van der Waals surface area contributed by atoms with Crippen molar-refractivity contribution in [1.82, 2.24) is 29.3 Å². The topological polar surface area (TPSA) is 73.5 Å². The molecule has 1 N–H and O–H groups in total. The predicted octanol–water partition coefficient (Wildman–Crippen LogP) is 1.99. The van der Waals surface area contributed by atoms with Crippen LogP contribution in [0.4, 0.5) is 5.82 Å². The number of rotatable bonds is 3. The molecule has 7 nitrogen and oxygen atoms in total. The number of imidazole rings is 1. The van der Waals surface area contributed by atoms with Crippen molar-refractivity contribution < 1.29 is 0 Å². The molecular formula is C15H19N7. The van der Waals surface area contributed by atoms with Gasteiger partial charge in [-0.3, -0.25) is 4.68 Å². The van der Waals surface area contributed by atoms with Gasteiger partial charge in [0.05, 0.1) is 12.0 Å². The number of hydrogen-bond acceptors (Lipinski definition) is 5. The summed E-state index contributed by atoms with van der Waals surface area (Å²) in [5.41, 5.74) is 2.85. The fourth-order valence-corrected chi connectivity index (χ4v) is 3.18. The molecule has 3 heterocycles. The third-order valence-electron chi connectivity index (χ3n) is 4.36. The monoisotopic (exact) mass is 297 g/mol. The molecule has 0 saturated heterocycles. The van der Waals surface area contributed by atoms with E-state index >= 15 is 0 Å². The first-order chi connectivity index (χ1) is 10.6. The Balaban J connectivity index is 1.58. The van der Waals surface area contributed by atoms with Gasteiger partial charge in [-0.25, -0.2) is 15.0 Å². The molecule has 1 saturated carbocycles. The summed E-state index contributed by atoms with van der Waals surface area (Å²) in [4.78, 5) is 13.2. The average Bonchev–Trinajstić information content (AvgIpc) is 3.03. The van der Waals surface area contributed by atoms with E-state index in [0.29, 0.717) is 12.1 Å². The first-order valence-corrected chi connectivity index (χ1v) is 7.53. The minimum absolute atomic E-state index is 0.431. The summed E-state index contributed by atoms with van der Waals surface area (Å²) in [7, 11) is 1.94. The van der Waals surface area contributed by atoms with Crippen molar-refractivity contribution in [2.45, 2.75) is 38.8 Å². The Labute approximate surface area is 128 Å². The number of nitrogens with zero attached hydrogens (tertiary/aromatic N) is 6. The highest BCUT2D eigenvalue weighted by Gasteiger charge is 2.31. The molecule has 0 aliphatic heterocycles. The van der Waals surface area contributed by atoms with Crippen molar-refractivity contribution in [3.63, 3.8) is 0 Å². The van der Waals surface area contributed by atoms with Crippen LogP contribution in [0.25, 0.3) is 11.0 Å². The van der Waals surface area contributed by atoms with Crippen molar-refractivity contribution in [2.24, 2.45) is 7.05 Å². The molecular weight excluding hydrogens is 278 g/mol. The minimum Gasteiger partial charge on any atom is -0.365 e. The minimum atomic E-state index is 0.431. The van der Waals surface area contributed by atoms with Gasteiger partial charge in [0.1, 0.15) is 16.9 Å². The van der Waals surface area contributed by atoms with E-state index in [1.54, 1.807) is 0 Å². The molecule has 0 spiro atoms. The van der Waals surface area contributed by atoms with Crippen molar-refractivity contribution >= 4 is 16.9 Å². The fraction of sp³-hybridized carbons (Fsp3) is 0.467. The molecule has 0 aromatic carbocycles. The van der Waals surface area contributed by atoms with Crippen LogP contribution in [0.15, 0.2) is 18.7 Å². The van der Waals surface area contributed by atoms with E-state index in [1.165, 1.54) is 0 Å². The molecule has 3 aromatic heterocycles. The molecule has 1 aliphatic carbocycles. The Bertz CT molecular complexity index is 812. The first-order valence-electron chi connectivity index (χ1n) is 7.53. The zero-order valence-electron chi connectivity index (χ0n) is 13.0. The zero-order chi connectivity index (χ0) is 15.3. The maximum Gasteiger partial charge on any atom is 0.156 e. The van der Waals surface area contributed by atoms with Gasteiger partial charge in [-0.1, -0.05) is 0 Å². The standard InChI is InChI=1S/C15H19N7/c1-9-13-14(21(3)20-9)15(18-10(2)17-13)19-11-6-12(7-11)22-5-4-16-8-22/h4-5,8,11-12H,6-7H2,1-3H3,(H,17,18,19). The smallest absolute Gasteiger partial charge is 0.156 e. The van der Waals surface area contributed by atoms with Gasteiger partial charge in [0.15, 0.2) is 5.82 Å². The van der Waals surface area contributed by atoms with Gasteiger partial charge in [-0.2, -0.15) is 5.10 Å². The third-order valence-corrected chi connectivity index (χ3v) is 4.36. The number of aromatic nitrogens is 6. The highest BCUT2D eigenvalue weighted by atomic mass is 15.3. The van der Waals surface area contributed by atoms with Gasteiger partial charge in [-0.05, 0) is 26.7 Å². The lowest BCUT2D eigenvalue weighted by Gasteiger charge is -2.36. The molecule has 0 unspecified atom stereocenters. The van der Waals surface area contributed by atoms with Gasteiger partial charge >= 0.3 is 0 Å². The van der Waals surface area contributed by atoms with Crippen LogP contribution in [0, 0.1) is 13.8 Å². The molecule has 0 radical (unpaired) electrons. The Morgan fingerprint density at radius 2 is 2.05 bits per heavy atom. The van der Waals surface area contributed by atoms with E-state index in [4.69, 9.17) is 0 Å². The maximum atomic E-state index is 4.58. The normalized spacial score (nSPS) is 21.0. The van der Waals surface area contributed by atoms with Gasteiger partial charge in [0.25, 0.3) is 0 Å². The Hall–Kier alpha value is -2.44. The summed E-state index contributed by atoms with van der Waals surface area (Å²) < 4.78 is 4.03. The van der Waals surface area contributed by atoms with Crippen LogP contribution in [0.5, 0.6) is 0 Å². The second kappa shape index (κ2) is 4.79. The van der Waals surface area contributed by atoms with Gasteiger partial charge in [-0.15, -0.1) is 0 Å². The fourth-order valence-electron chi connectivity index (χ4n) is 3.18. The summed E-state index contributed by atoms with van der Waals surface area (Å²) in [5.74, 6) is 1.66. The number of anilines is 1. The van der Waals surface area contributed by atoms with Crippen LogP contribution in [0.3, 0.4) is 0 Å². The number of hydrogen-bond donors (Lipinski definition) is 1. The average molecular weight is 297 g/mol. The van der Waals surface area contributed by atoms with E-state index in [-0.39, 0.29) is 0 Å². The summed E-state index contributed by atoms with van der Waals surface area (Å²) in [6, 6.07) is 0.965. The summed E-state index contributed by atoms with van der Waals surface area (Å²) >= 11 is 0. The van der Waals surface area contributed by atoms with E-state index < -0.39 is 0 Å². The molecule has 0 amide bonds. The largest absolute Gasteiger partial charge is 0.365 e. The maximum absolute atomic E-state index is 4.58. The highest BCUT2D eigenvalue weighted by molar-refractivity contribution is 5.87. The zero-order valence-corrected chi connectivity index (χ0v) is 13.0. The van der Waals surface area contributed by atoms with Crippen LogP contribution in [0.2, 0.25) is 0 Å². The Morgan fingerprint density at radius 1 is 1.23 bits per heavy atom. The van der Waals surface area contributed by atoms with Gasteiger partial charge < -0.3 is 9.88 Å². The van der Waals surface area contributed by atoms with Crippen LogP contribution >= 0.6 is 0 Å². The van der Waals surface area contributed by atoms with Crippen LogP contribution in [-0.4, -0.2) is 35.3 Å². The van der Waals surface area contributed by atoms with Crippen LogP contribution in [-0.2, 0) is 7.05 Å². The molecule has 1 aliphatic rings. The lowest BCUT2D eigenvalue weighted by molar-refractivity contribution is 0.282. The lowest BCUT2D eigenvalue weighted by Crippen LogP contribution is -2.37. The lowest BCUT2D eigenvalue weighted by atomic mass is 9.86. The quantitative estimate of drug-likeness (QED) is 0.800. The molecule has 4 rings (SSSR count). The van der Waals surface area contributed by atoms with Crippen LogP contribution < -0.4 is 5.32 Å².